The van der Waals surface area contributed by atoms with E-state index < -0.39 is 6.10 Å². The zero-order valence-corrected chi connectivity index (χ0v) is 50.2. The Morgan fingerprint density at radius 2 is 0.506 bits per heavy atom. The number of allylic oxidation sites excluding steroid dienone is 20. The molecule has 438 valence electrons. The molecule has 0 heterocycles. The Hall–Kier alpha value is -4.19. The van der Waals surface area contributed by atoms with E-state index in [0.29, 0.717) is 19.3 Å². The van der Waals surface area contributed by atoms with Gasteiger partial charge in [0.2, 0.25) is 0 Å². The van der Waals surface area contributed by atoms with Gasteiger partial charge in [0.25, 0.3) is 0 Å². The summed E-state index contributed by atoms with van der Waals surface area (Å²) in [4.78, 5) is 38.0. The monoisotopic (exact) mass is 1070 g/mol. The van der Waals surface area contributed by atoms with Crippen molar-refractivity contribution in [3.05, 3.63) is 122 Å². The predicted molar refractivity (Wildman–Crippen MR) is 334 cm³/mol. The first kappa shape index (κ1) is 72.8. The summed E-state index contributed by atoms with van der Waals surface area (Å²) in [6.07, 6.45) is 89.5. The molecule has 0 N–H and O–H groups in total. The van der Waals surface area contributed by atoms with Crippen molar-refractivity contribution in [3.8, 4) is 0 Å². The molecule has 0 saturated heterocycles. The molecular weight excluding hydrogens is 949 g/mol. The minimum atomic E-state index is -0.782. The second-order valence-electron chi connectivity index (χ2n) is 20.9. The van der Waals surface area contributed by atoms with E-state index in [1.54, 1.807) is 0 Å². The minimum absolute atomic E-state index is 0.0825. The van der Waals surface area contributed by atoms with E-state index in [4.69, 9.17) is 14.2 Å². The Balaban J connectivity index is 4.08. The molecule has 1 atom stereocenters. The molecule has 0 bridgehead atoms. The maximum Gasteiger partial charge on any atom is 0.306 e. The first-order valence-corrected chi connectivity index (χ1v) is 32.0. The fraction of sp³-hybridized carbons (Fsp3) is 0.676. The molecule has 0 aromatic heterocycles. The van der Waals surface area contributed by atoms with Crippen LogP contribution >= 0.6 is 0 Å². The third-order valence-corrected chi connectivity index (χ3v) is 13.5. The predicted octanol–water partition coefficient (Wildman–Crippen LogP) is 22.0. The van der Waals surface area contributed by atoms with Gasteiger partial charge in [0.1, 0.15) is 13.2 Å². The molecule has 0 spiro atoms. The van der Waals surface area contributed by atoms with Crippen LogP contribution in [0.1, 0.15) is 290 Å². The van der Waals surface area contributed by atoms with Crippen molar-refractivity contribution < 1.29 is 28.6 Å². The molecule has 0 amide bonds. The van der Waals surface area contributed by atoms with Crippen LogP contribution in [-0.4, -0.2) is 37.2 Å². The highest BCUT2D eigenvalue weighted by atomic mass is 16.6. The molecule has 6 nitrogen and oxygen atoms in total. The van der Waals surface area contributed by atoms with Crippen LogP contribution in [-0.2, 0) is 28.6 Å². The third kappa shape index (κ3) is 62.5. The van der Waals surface area contributed by atoms with Crippen LogP contribution in [0.4, 0.5) is 0 Å². The largest absolute Gasteiger partial charge is 0.462 e. The summed E-state index contributed by atoms with van der Waals surface area (Å²) in [7, 11) is 0. The Labute approximate surface area is 475 Å². The van der Waals surface area contributed by atoms with E-state index in [9.17, 15) is 14.4 Å². The van der Waals surface area contributed by atoms with Crippen molar-refractivity contribution in [2.75, 3.05) is 13.2 Å². The van der Waals surface area contributed by atoms with Crippen LogP contribution in [0.3, 0.4) is 0 Å². The van der Waals surface area contributed by atoms with Crippen molar-refractivity contribution in [2.45, 2.75) is 297 Å². The Bertz CT molecular complexity index is 1600. The average Bonchev–Trinajstić information content (AvgIpc) is 3.43. The summed E-state index contributed by atoms with van der Waals surface area (Å²) in [5.74, 6) is -0.901. The second kappa shape index (κ2) is 64.3. The highest BCUT2D eigenvalue weighted by Crippen LogP contribution is 2.15. The summed E-state index contributed by atoms with van der Waals surface area (Å²) >= 11 is 0. The lowest BCUT2D eigenvalue weighted by molar-refractivity contribution is -0.167. The second-order valence-corrected chi connectivity index (χ2v) is 20.9. The van der Waals surface area contributed by atoms with Crippen LogP contribution in [0.2, 0.25) is 0 Å². The fourth-order valence-electron chi connectivity index (χ4n) is 8.67. The number of ether oxygens (including phenoxy) is 3. The van der Waals surface area contributed by atoms with E-state index in [1.807, 2.05) is 0 Å². The molecule has 0 aromatic carbocycles. The number of carbonyl (C=O) groups excluding carboxylic acids is 3. The van der Waals surface area contributed by atoms with Gasteiger partial charge in [-0.2, -0.15) is 0 Å². The van der Waals surface area contributed by atoms with Crippen molar-refractivity contribution >= 4 is 17.9 Å². The summed E-state index contributed by atoms with van der Waals surface area (Å²) in [5, 5.41) is 0. The molecule has 0 rings (SSSR count). The number of esters is 3. The van der Waals surface area contributed by atoms with Gasteiger partial charge < -0.3 is 14.2 Å². The maximum absolute atomic E-state index is 12.8. The van der Waals surface area contributed by atoms with Gasteiger partial charge >= 0.3 is 17.9 Å². The lowest BCUT2D eigenvalue weighted by Crippen LogP contribution is -2.30. The SMILES string of the molecule is CC/C=C\C/C=C\C/C=C\C/C=C\C/C=C\C/C=C\C/C=C\C/C=C\CCCCCCCCCCCCC(=O)OCC(COC(=O)CCCCCCCC)OC(=O)CCCCCCCCC/C=C\C/C=C\CCCCCC. The number of hydrogen-bond donors (Lipinski definition) is 0. The molecule has 1 unspecified atom stereocenters. The van der Waals surface area contributed by atoms with Crippen molar-refractivity contribution in [1.82, 2.24) is 0 Å². The fourth-order valence-corrected chi connectivity index (χ4v) is 8.67. The Kier molecular flexibility index (Phi) is 60.8. The summed E-state index contributed by atoms with van der Waals surface area (Å²) < 4.78 is 16.8. The van der Waals surface area contributed by atoms with E-state index >= 15 is 0 Å². The molecule has 6 heteroatoms. The van der Waals surface area contributed by atoms with E-state index in [2.05, 4.69) is 142 Å². The van der Waals surface area contributed by atoms with Crippen LogP contribution in [0.5, 0.6) is 0 Å². The van der Waals surface area contributed by atoms with Crippen LogP contribution < -0.4 is 0 Å². The van der Waals surface area contributed by atoms with Gasteiger partial charge in [-0.1, -0.05) is 277 Å². The van der Waals surface area contributed by atoms with Gasteiger partial charge in [-0.15, -0.1) is 0 Å². The minimum Gasteiger partial charge on any atom is -0.462 e. The molecular formula is C71H118O6. The number of rotatable bonds is 57. The zero-order valence-electron chi connectivity index (χ0n) is 50.2. The normalized spacial score (nSPS) is 12.9. The van der Waals surface area contributed by atoms with Crippen molar-refractivity contribution in [3.63, 3.8) is 0 Å². The molecule has 0 aliphatic heterocycles. The van der Waals surface area contributed by atoms with Gasteiger partial charge in [0, 0.05) is 19.3 Å². The van der Waals surface area contributed by atoms with E-state index in [0.717, 1.165) is 122 Å². The van der Waals surface area contributed by atoms with Gasteiger partial charge in [-0.3, -0.25) is 14.4 Å². The van der Waals surface area contributed by atoms with Gasteiger partial charge in [0.15, 0.2) is 6.10 Å². The quantitative estimate of drug-likeness (QED) is 0.0261. The highest BCUT2D eigenvalue weighted by molar-refractivity contribution is 5.71. The molecule has 77 heavy (non-hydrogen) atoms. The molecule has 0 aliphatic carbocycles. The van der Waals surface area contributed by atoms with Crippen molar-refractivity contribution in [2.24, 2.45) is 0 Å². The van der Waals surface area contributed by atoms with Gasteiger partial charge in [0.05, 0.1) is 0 Å². The standard InChI is InChI=1S/C71H118O6/c1-4-7-10-13-16-18-20-22-24-26-28-29-30-31-32-33-34-35-36-37-38-39-40-41-42-43-44-46-47-49-51-53-55-58-61-64-70(73)76-67-68(66-75-69(72)63-60-57-15-12-9-6-3)77-71(74)65-62-59-56-54-52-50-48-45-27-25-23-21-19-17-14-11-8-5-2/h7,10,16,18-19,21-22,24-25,27-29,31-32,34-35,37-38,40-41,68H,4-6,8-9,11-15,17,20,23,26,30,33,36,39,42-67H2,1-3H3/b10-7-,18-16-,21-19-,24-22-,27-25-,29-28-,32-31-,35-34-,38-37-,41-40-. The lowest BCUT2D eigenvalue weighted by atomic mass is 10.1. The molecule has 0 aliphatic rings. The van der Waals surface area contributed by atoms with Crippen LogP contribution in [0, 0.1) is 0 Å². The first-order chi connectivity index (χ1) is 38.0. The van der Waals surface area contributed by atoms with Crippen molar-refractivity contribution in [1.29, 1.82) is 0 Å². The third-order valence-electron chi connectivity index (χ3n) is 13.5. The topological polar surface area (TPSA) is 78.9 Å². The number of unbranched alkanes of at least 4 members (excludes halogenated alkanes) is 26. The molecule has 0 fully saturated rings. The maximum atomic E-state index is 12.8. The summed E-state index contributed by atoms with van der Waals surface area (Å²) in [6.45, 7) is 6.45. The summed E-state index contributed by atoms with van der Waals surface area (Å²) in [5.41, 5.74) is 0. The van der Waals surface area contributed by atoms with Crippen LogP contribution in [0.25, 0.3) is 0 Å². The lowest BCUT2D eigenvalue weighted by Gasteiger charge is -2.18. The smallest absolute Gasteiger partial charge is 0.306 e. The average molecular weight is 1070 g/mol. The van der Waals surface area contributed by atoms with E-state index in [1.165, 1.54) is 128 Å². The molecule has 0 aromatic rings. The Morgan fingerprint density at radius 3 is 0.805 bits per heavy atom. The molecule has 0 saturated carbocycles. The Morgan fingerprint density at radius 1 is 0.273 bits per heavy atom. The van der Waals surface area contributed by atoms with Crippen LogP contribution in [0.15, 0.2) is 122 Å². The van der Waals surface area contributed by atoms with Gasteiger partial charge in [-0.05, 0) is 116 Å². The highest BCUT2D eigenvalue weighted by Gasteiger charge is 2.19. The molecule has 0 radical (unpaired) electrons. The van der Waals surface area contributed by atoms with Gasteiger partial charge in [-0.25, -0.2) is 0 Å². The summed E-state index contributed by atoms with van der Waals surface area (Å²) in [6, 6.07) is 0. The zero-order chi connectivity index (χ0) is 55.7. The van der Waals surface area contributed by atoms with E-state index in [-0.39, 0.29) is 31.1 Å². The first-order valence-electron chi connectivity index (χ1n) is 32.0. The number of carbonyl (C=O) groups is 3. The number of hydrogen-bond acceptors (Lipinski definition) is 6.